The molecule has 0 aliphatic rings. The molecule has 0 saturated carbocycles. The quantitative estimate of drug-likeness (QED) is 0.519. The van der Waals surface area contributed by atoms with E-state index in [0.29, 0.717) is 16.3 Å². The molecule has 0 unspecified atom stereocenters. The van der Waals surface area contributed by atoms with Crippen molar-refractivity contribution in [3.8, 4) is 11.4 Å². The van der Waals surface area contributed by atoms with Crippen molar-refractivity contribution in [3.63, 3.8) is 0 Å². The molecule has 0 aliphatic heterocycles. The van der Waals surface area contributed by atoms with Crippen molar-refractivity contribution in [1.29, 1.82) is 0 Å². The molecule has 0 bridgehead atoms. The molecular weight excluding hydrogens is 341 g/mol. The van der Waals surface area contributed by atoms with Crippen molar-refractivity contribution in [1.82, 2.24) is 14.8 Å². The number of hydrogen-bond acceptors (Lipinski definition) is 5. The van der Waals surface area contributed by atoms with Crippen LogP contribution in [0.4, 0.5) is 4.39 Å². The minimum Gasteiger partial charge on any atom is -0.421 e. The second-order valence-electron chi connectivity index (χ2n) is 5.38. The van der Waals surface area contributed by atoms with E-state index in [1.807, 2.05) is 6.92 Å². The van der Waals surface area contributed by atoms with Crippen molar-refractivity contribution in [2.75, 3.05) is 0 Å². The summed E-state index contributed by atoms with van der Waals surface area (Å²) in [5.74, 6) is -0.417. The van der Waals surface area contributed by atoms with Gasteiger partial charge in [-0.3, -0.25) is 4.98 Å². The number of halogens is 1. The van der Waals surface area contributed by atoms with Crippen molar-refractivity contribution in [3.05, 3.63) is 71.2 Å². The summed E-state index contributed by atoms with van der Waals surface area (Å²) < 4.78 is 20.5. The van der Waals surface area contributed by atoms with Gasteiger partial charge in [0.05, 0.1) is 17.6 Å². The maximum absolute atomic E-state index is 13.5. The first-order valence-electron chi connectivity index (χ1n) is 7.49. The number of nitrogens with zero attached hydrogens (tertiary/aromatic N) is 3. The Balaban J connectivity index is 1.73. The van der Waals surface area contributed by atoms with Crippen LogP contribution in [0.5, 0.6) is 5.75 Å². The molecule has 25 heavy (non-hydrogen) atoms. The van der Waals surface area contributed by atoms with Gasteiger partial charge in [-0.05, 0) is 43.3 Å². The van der Waals surface area contributed by atoms with Crippen LogP contribution in [0, 0.1) is 12.7 Å². The molecule has 3 heterocycles. The zero-order chi connectivity index (χ0) is 17.4. The van der Waals surface area contributed by atoms with Gasteiger partial charge >= 0.3 is 5.97 Å². The Morgan fingerprint density at radius 2 is 2.12 bits per heavy atom. The van der Waals surface area contributed by atoms with E-state index in [4.69, 9.17) is 4.74 Å². The van der Waals surface area contributed by atoms with Crippen LogP contribution in [0.15, 0.2) is 54.9 Å². The van der Waals surface area contributed by atoms with Gasteiger partial charge in [-0.2, -0.15) is 5.10 Å². The lowest BCUT2D eigenvalue weighted by molar-refractivity contribution is 0.0739. The number of pyridine rings is 1. The lowest BCUT2D eigenvalue weighted by Crippen LogP contribution is -2.06. The molecule has 0 amide bonds. The maximum Gasteiger partial charge on any atom is 0.353 e. The van der Waals surface area contributed by atoms with E-state index >= 15 is 0 Å². The van der Waals surface area contributed by atoms with E-state index in [-0.39, 0.29) is 5.82 Å². The van der Waals surface area contributed by atoms with E-state index in [1.54, 1.807) is 41.2 Å². The average Bonchev–Trinajstić information content (AvgIpc) is 3.17. The van der Waals surface area contributed by atoms with Gasteiger partial charge in [-0.15, -0.1) is 11.3 Å². The van der Waals surface area contributed by atoms with Gasteiger partial charge in [0.15, 0.2) is 0 Å². The van der Waals surface area contributed by atoms with Gasteiger partial charge in [-0.1, -0.05) is 6.07 Å². The van der Waals surface area contributed by atoms with Crippen LogP contribution in [0.2, 0.25) is 0 Å². The number of thiophene rings is 1. The number of ether oxygens (including phenoxy) is 1. The van der Waals surface area contributed by atoms with Crippen molar-refractivity contribution in [2.45, 2.75) is 6.92 Å². The first kappa shape index (κ1) is 15.5. The highest BCUT2D eigenvalue weighted by atomic mass is 32.1. The van der Waals surface area contributed by atoms with Gasteiger partial charge in [0.2, 0.25) is 0 Å². The van der Waals surface area contributed by atoms with Crippen LogP contribution in [-0.4, -0.2) is 20.7 Å². The Bertz CT molecular complexity index is 1070. The van der Waals surface area contributed by atoms with E-state index in [0.717, 1.165) is 15.9 Å². The fraction of sp³-hybridized carbons (Fsp3) is 0.0556. The summed E-state index contributed by atoms with van der Waals surface area (Å²) in [5, 5.41) is 5.28. The number of benzene rings is 1. The molecule has 0 spiro atoms. The molecule has 3 aromatic heterocycles. The summed E-state index contributed by atoms with van der Waals surface area (Å²) in [6.45, 7) is 1.85. The summed E-state index contributed by atoms with van der Waals surface area (Å²) in [6, 6.07) is 11.3. The molecule has 0 radical (unpaired) electrons. The minimum atomic E-state index is -0.459. The van der Waals surface area contributed by atoms with Gasteiger partial charge in [0, 0.05) is 11.6 Å². The highest BCUT2D eigenvalue weighted by Crippen LogP contribution is 2.31. The molecule has 124 valence electrons. The smallest absolute Gasteiger partial charge is 0.353 e. The molecule has 0 atom stereocenters. The third-order valence-electron chi connectivity index (χ3n) is 3.64. The normalized spacial score (nSPS) is 11.0. The molecule has 4 rings (SSSR count). The first-order valence-corrected chi connectivity index (χ1v) is 8.31. The van der Waals surface area contributed by atoms with E-state index < -0.39 is 5.97 Å². The highest BCUT2D eigenvalue weighted by Gasteiger charge is 2.18. The van der Waals surface area contributed by atoms with Crippen LogP contribution in [-0.2, 0) is 0 Å². The highest BCUT2D eigenvalue weighted by molar-refractivity contribution is 7.20. The van der Waals surface area contributed by atoms with Crippen molar-refractivity contribution >= 4 is 27.5 Å². The van der Waals surface area contributed by atoms with Gasteiger partial charge in [0.1, 0.15) is 21.3 Å². The fourth-order valence-electron chi connectivity index (χ4n) is 2.50. The molecule has 0 fully saturated rings. The predicted octanol–water partition coefficient (Wildman–Crippen LogP) is 4.15. The van der Waals surface area contributed by atoms with Crippen LogP contribution in [0.1, 0.15) is 15.4 Å². The van der Waals surface area contributed by atoms with Crippen molar-refractivity contribution < 1.29 is 13.9 Å². The number of rotatable bonds is 3. The lowest BCUT2D eigenvalue weighted by atomic mass is 10.3. The van der Waals surface area contributed by atoms with Crippen LogP contribution >= 0.6 is 11.3 Å². The molecular formula is C18H12FN3O2S. The number of hydrogen-bond donors (Lipinski definition) is 0. The number of carbonyl (C=O) groups excluding carboxylic acids is 1. The molecule has 0 N–H and O–H groups in total. The Hall–Kier alpha value is -3.06. The van der Waals surface area contributed by atoms with E-state index in [2.05, 4.69) is 10.1 Å². The van der Waals surface area contributed by atoms with Gasteiger partial charge < -0.3 is 4.74 Å². The predicted molar refractivity (Wildman–Crippen MR) is 92.8 cm³/mol. The standard InChI is InChI=1S/C18H12FN3O2S/c1-11-15-9-16(18(23)24-14-6-3-7-20-10-14)25-17(15)22(21-11)13-5-2-4-12(19)8-13/h2-10H,1H3. The lowest BCUT2D eigenvalue weighted by Gasteiger charge is -2.02. The molecule has 4 aromatic rings. The summed E-state index contributed by atoms with van der Waals surface area (Å²) in [7, 11) is 0. The van der Waals surface area contributed by atoms with Gasteiger partial charge in [-0.25, -0.2) is 13.9 Å². The topological polar surface area (TPSA) is 57.0 Å². The molecule has 7 heteroatoms. The number of aromatic nitrogens is 3. The van der Waals surface area contributed by atoms with Crippen LogP contribution in [0.25, 0.3) is 15.9 Å². The van der Waals surface area contributed by atoms with Gasteiger partial charge in [0.25, 0.3) is 0 Å². The largest absolute Gasteiger partial charge is 0.421 e. The number of fused-ring (bicyclic) bond motifs is 1. The summed E-state index contributed by atoms with van der Waals surface area (Å²) in [5.41, 5.74) is 1.36. The zero-order valence-electron chi connectivity index (χ0n) is 13.1. The third-order valence-corrected chi connectivity index (χ3v) is 4.73. The fourth-order valence-corrected chi connectivity index (χ4v) is 3.55. The molecule has 5 nitrogen and oxygen atoms in total. The third kappa shape index (κ3) is 2.89. The monoisotopic (exact) mass is 353 g/mol. The van der Waals surface area contributed by atoms with Crippen LogP contribution < -0.4 is 4.74 Å². The molecule has 0 aliphatic carbocycles. The summed E-state index contributed by atoms with van der Waals surface area (Å²) >= 11 is 1.26. The molecule has 1 aromatic carbocycles. The first-order chi connectivity index (χ1) is 12.1. The summed E-state index contributed by atoms with van der Waals surface area (Å²) in [6.07, 6.45) is 3.08. The summed E-state index contributed by atoms with van der Waals surface area (Å²) in [4.78, 5) is 17.5. The van der Waals surface area contributed by atoms with Crippen LogP contribution in [0.3, 0.4) is 0 Å². The number of aryl methyl sites for hydroxylation is 1. The zero-order valence-corrected chi connectivity index (χ0v) is 14.0. The Morgan fingerprint density at radius 1 is 1.24 bits per heavy atom. The number of esters is 1. The Kier molecular flexibility index (Phi) is 3.77. The second-order valence-corrected chi connectivity index (χ2v) is 6.42. The molecule has 0 saturated heterocycles. The average molecular weight is 353 g/mol. The number of carbonyl (C=O) groups is 1. The maximum atomic E-state index is 13.5. The Labute approximate surface area is 146 Å². The van der Waals surface area contributed by atoms with E-state index in [9.17, 15) is 9.18 Å². The Morgan fingerprint density at radius 3 is 2.88 bits per heavy atom. The minimum absolute atomic E-state index is 0.341. The van der Waals surface area contributed by atoms with E-state index in [1.165, 1.54) is 29.7 Å². The van der Waals surface area contributed by atoms with Crippen molar-refractivity contribution in [2.24, 2.45) is 0 Å². The second kappa shape index (κ2) is 6.10. The SMILES string of the molecule is Cc1nn(-c2cccc(F)c2)c2sc(C(=O)Oc3cccnc3)cc12.